The van der Waals surface area contributed by atoms with Gasteiger partial charge in [0.15, 0.2) is 0 Å². The fourth-order valence-corrected chi connectivity index (χ4v) is 2.99. The number of aliphatic hydroxyl groups is 1. The van der Waals surface area contributed by atoms with Gasteiger partial charge in [-0.2, -0.15) is 0 Å². The summed E-state index contributed by atoms with van der Waals surface area (Å²) in [7, 11) is 0. The second-order valence-corrected chi connectivity index (χ2v) is 4.59. The molecule has 3 nitrogen and oxygen atoms in total. The normalized spacial score (nSPS) is 43.2. The highest BCUT2D eigenvalue weighted by Gasteiger charge is 2.33. The number of thioether (sulfide) groups is 1. The van der Waals surface area contributed by atoms with E-state index in [0.29, 0.717) is 17.9 Å². The number of rotatable bonds is 1. The molecule has 0 aromatic carbocycles. The van der Waals surface area contributed by atoms with Crippen molar-refractivity contribution in [2.75, 3.05) is 25.5 Å². The SMILES string of the molecule is OC1CCOCC1C1NCCS1. The van der Waals surface area contributed by atoms with E-state index in [1.54, 1.807) is 0 Å². The van der Waals surface area contributed by atoms with Gasteiger partial charge in [0.1, 0.15) is 0 Å². The number of hydrogen-bond acceptors (Lipinski definition) is 4. The summed E-state index contributed by atoms with van der Waals surface area (Å²) < 4.78 is 5.35. The van der Waals surface area contributed by atoms with E-state index in [9.17, 15) is 5.11 Å². The Balaban J connectivity index is 1.91. The lowest BCUT2D eigenvalue weighted by Crippen LogP contribution is -2.42. The van der Waals surface area contributed by atoms with Gasteiger partial charge in [0.2, 0.25) is 0 Å². The lowest BCUT2D eigenvalue weighted by atomic mass is 9.98. The summed E-state index contributed by atoms with van der Waals surface area (Å²) in [6.45, 7) is 2.50. The van der Waals surface area contributed by atoms with Gasteiger partial charge in [0.25, 0.3) is 0 Å². The fourth-order valence-electron chi connectivity index (χ4n) is 1.76. The maximum absolute atomic E-state index is 9.70. The van der Waals surface area contributed by atoms with E-state index < -0.39 is 0 Å². The number of ether oxygens (including phenoxy) is 1. The van der Waals surface area contributed by atoms with Crippen molar-refractivity contribution in [1.29, 1.82) is 0 Å². The Morgan fingerprint density at radius 1 is 1.50 bits per heavy atom. The summed E-state index contributed by atoms with van der Waals surface area (Å²) in [4.78, 5) is 0. The molecule has 0 aromatic rings. The third-order valence-electron chi connectivity index (χ3n) is 2.50. The first kappa shape index (κ1) is 8.81. The van der Waals surface area contributed by atoms with Gasteiger partial charge < -0.3 is 15.2 Å². The largest absolute Gasteiger partial charge is 0.393 e. The predicted molar refractivity (Wildman–Crippen MR) is 49.2 cm³/mol. The molecule has 2 N–H and O–H groups in total. The van der Waals surface area contributed by atoms with Gasteiger partial charge in [0.05, 0.1) is 18.1 Å². The molecule has 0 spiro atoms. The van der Waals surface area contributed by atoms with Gasteiger partial charge in [-0.15, -0.1) is 11.8 Å². The summed E-state index contributed by atoms with van der Waals surface area (Å²) in [6, 6.07) is 0. The van der Waals surface area contributed by atoms with Gasteiger partial charge in [0, 0.05) is 24.8 Å². The summed E-state index contributed by atoms with van der Waals surface area (Å²) in [5.41, 5.74) is 0. The van der Waals surface area contributed by atoms with E-state index in [4.69, 9.17) is 4.74 Å². The maximum atomic E-state index is 9.70. The minimum Gasteiger partial charge on any atom is -0.393 e. The Hall–Kier alpha value is 0.230. The van der Waals surface area contributed by atoms with Crippen molar-refractivity contribution in [2.24, 2.45) is 5.92 Å². The zero-order valence-corrected chi connectivity index (χ0v) is 7.85. The van der Waals surface area contributed by atoms with Crippen LogP contribution in [0.1, 0.15) is 6.42 Å². The molecule has 3 atom stereocenters. The molecule has 2 fully saturated rings. The quantitative estimate of drug-likeness (QED) is 0.611. The molecule has 3 unspecified atom stereocenters. The molecule has 0 radical (unpaired) electrons. The van der Waals surface area contributed by atoms with E-state index in [1.165, 1.54) is 0 Å². The van der Waals surface area contributed by atoms with E-state index in [1.807, 2.05) is 11.8 Å². The van der Waals surface area contributed by atoms with Crippen molar-refractivity contribution in [1.82, 2.24) is 5.32 Å². The van der Waals surface area contributed by atoms with Crippen LogP contribution in [0.4, 0.5) is 0 Å². The van der Waals surface area contributed by atoms with Crippen LogP contribution >= 0.6 is 11.8 Å². The zero-order valence-electron chi connectivity index (χ0n) is 7.03. The molecule has 0 aliphatic carbocycles. The molecule has 2 saturated heterocycles. The van der Waals surface area contributed by atoms with Crippen molar-refractivity contribution in [3.05, 3.63) is 0 Å². The molecule has 2 aliphatic heterocycles. The Morgan fingerprint density at radius 2 is 2.42 bits per heavy atom. The molecule has 2 heterocycles. The standard InChI is InChI=1S/C8H15NO2S/c10-7-1-3-11-5-6(7)8-9-2-4-12-8/h6-10H,1-5H2. The van der Waals surface area contributed by atoms with Gasteiger partial charge in [-0.25, -0.2) is 0 Å². The minimum atomic E-state index is -0.165. The maximum Gasteiger partial charge on any atom is 0.0635 e. The summed E-state index contributed by atoms with van der Waals surface area (Å²) in [5, 5.41) is 13.5. The first-order chi connectivity index (χ1) is 5.88. The summed E-state index contributed by atoms with van der Waals surface area (Å²) in [6.07, 6.45) is 0.630. The average Bonchev–Trinajstić information content (AvgIpc) is 2.57. The molecule has 2 rings (SSSR count). The van der Waals surface area contributed by atoms with E-state index in [-0.39, 0.29) is 6.10 Å². The minimum absolute atomic E-state index is 0.165. The average molecular weight is 189 g/mol. The number of aliphatic hydroxyl groups excluding tert-OH is 1. The van der Waals surface area contributed by atoms with Crippen LogP contribution in [0.5, 0.6) is 0 Å². The number of nitrogens with one attached hydrogen (secondary N) is 1. The van der Waals surface area contributed by atoms with Gasteiger partial charge in [-0.05, 0) is 6.42 Å². The Bertz CT molecular complexity index is 150. The summed E-state index contributed by atoms with van der Waals surface area (Å²) >= 11 is 1.90. The van der Waals surface area contributed by atoms with Crippen LogP contribution < -0.4 is 5.32 Å². The lowest BCUT2D eigenvalue weighted by molar-refractivity contribution is -0.0377. The monoisotopic (exact) mass is 189 g/mol. The van der Waals surface area contributed by atoms with E-state index in [0.717, 1.165) is 25.3 Å². The number of hydrogen-bond donors (Lipinski definition) is 2. The molecule has 0 amide bonds. The van der Waals surface area contributed by atoms with Crippen LogP contribution in [0, 0.1) is 5.92 Å². The van der Waals surface area contributed by atoms with Crippen LogP contribution in [0.3, 0.4) is 0 Å². The van der Waals surface area contributed by atoms with Crippen molar-refractivity contribution < 1.29 is 9.84 Å². The second kappa shape index (κ2) is 3.96. The van der Waals surface area contributed by atoms with Crippen molar-refractivity contribution in [2.45, 2.75) is 17.9 Å². The van der Waals surface area contributed by atoms with Crippen LogP contribution in [0.15, 0.2) is 0 Å². The molecule has 0 aromatic heterocycles. The second-order valence-electron chi connectivity index (χ2n) is 3.34. The molecule has 12 heavy (non-hydrogen) atoms. The van der Waals surface area contributed by atoms with Crippen molar-refractivity contribution in [3.8, 4) is 0 Å². The van der Waals surface area contributed by atoms with E-state index >= 15 is 0 Å². The van der Waals surface area contributed by atoms with Crippen LogP contribution in [-0.4, -0.2) is 42.1 Å². The highest BCUT2D eigenvalue weighted by molar-refractivity contribution is 8.00. The van der Waals surface area contributed by atoms with Crippen LogP contribution in [-0.2, 0) is 4.74 Å². The Labute approximate surface area is 76.9 Å². The smallest absolute Gasteiger partial charge is 0.0635 e. The highest BCUT2D eigenvalue weighted by Crippen LogP contribution is 2.27. The molecule has 2 aliphatic rings. The predicted octanol–water partition coefficient (Wildman–Crippen LogP) is 0.0463. The van der Waals surface area contributed by atoms with Gasteiger partial charge in [-0.3, -0.25) is 0 Å². The van der Waals surface area contributed by atoms with E-state index in [2.05, 4.69) is 5.32 Å². The van der Waals surface area contributed by atoms with Gasteiger partial charge >= 0.3 is 0 Å². The van der Waals surface area contributed by atoms with Crippen molar-refractivity contribution >= 4 is 11.8 Å². The Morgan fingerprint density at radius 3 is 3.08 bits per heavy atom. The molecular formula is C8H15NO2S. The topological polar surface area (TPSA) is 41.5 Å². The molecule has 4 heteroatoms. The highest BCUT2D eigenvalue weighted by atomic mass is 32.2. The zero-order chi connectivity index (χ0) is 8.39. The van der Waals surface area contributed by atoms with Crippen molar-refractivity contribution in [3.63, 3.8) is 0 Å². The molecule has 70 valence electrons. The first-order valence-corrected chi connectivity index (χ1v) is 5.53. The Kier molecular flexibility index (Phi) is 2.91. The molecular weight excluding hydrogens is 174 g/mol. The molecule has 0 saturated carbocycles. The molecule has 0 bridgehead atoms. The van der Waals surface area contributed by atoms with Crippen LogP contribution in [0.2, 0.25) is 0 Å². The first-order valence-electron chi connectivity index (χ1n) is 4.49. The summed E-state index contributed by atoms with van der Waals surface area (Å²) in [5.74, 6) is 1.46. The van der Waals surface area contributed by atoms with Gasteiger partial charge in [-0.1, -0.05) is 0 Å². The fraction of sp³-hybridized carbons (Fsp3) is 1.00. The third-order valence-corrected chi connectivity index (χ3v) is 3.81. The third kappa shape index (κ3) is 1.76. The van der Waals surface area contributed by atoms with Crippen LogP contribution in [0.25, 0.3) is 0 Å². The lowest BCUT2D eigenvalue weighted by Gasteiger charge is -2.31.